The Labute approximate surface area is 142 Å². The normalized spacial score (nSPS) is 18.8. The summed E-state index contributed by atoms with van der Waals surface area (Å²) >= 11 is 0. The van der Waals surface area contributed by atoms with Gasteiger partial charge in [0.2, 0.25) is 0 Å². The first-order valence-electron chi connectivity index (χ1n) is 8.43. The molecule has 1 atom stereocenters. The van der Waals surface area contributed by atoms with Crippen LogP contribution >= 0.6 is 0 Å². The molecule has 2 heterocycles. The number of likely N-dealkylation sites (tertiary alicyclic amines) is 1. The number of fused-ring (bicyclic) bond motifs is 1. The summed E-state index contributed by atoms with van der Waals surface area (Å²) in [6.07, 6.45) is 1.58. The third kappa shape index (κ3) is 3.38. The van der Waals surface area contributed by atoms with Gasteiger partial charge in [0.05, 0.1) is 17.1 Å². The molecule has 0 radical (unpaired) electrons. The number of imidazole rings is 1. The van der Waals surface area contributed by atoms with E-state index in [1.807, 2.05) is 45.0 Å². The maximum absolute atomic E-state index is 12.4. The van der Waals surface area contributed by atoms with Gasteiger partial charge >= 0.3 is 6.09 Å². The Morgan fingerprint density at radius 2 is 2.12 bits per heavy atom. The maximum atomic E-state index is 12.4. The van der Waals surface area contributed by atoms with Crippen molar-refractivity contribution in [2.45, 2.75) is 51.9 Å². The molecule has 1 aliphatic rings. The van der Waals surface area contributed by atoms with E-state index in [0.29, 0.717) is 18.9 Å². The molecule has 6 heteroatoms. The number of benzene rings is 1. The molecule has 0 saturated carbocycles. The molecule has 24 heavy (non-hydrogen) atoms. The van der Waals surface area contributed by atoms with E-state index in [-0.39, 0.29) is 18.7 Å². The van der Waals surface area contributed by atoms with Gasteiger partial charge in [0.25, 0.3) is 0 Å². The van der Waals surface area contributed by atoms with Gasteiger partial charge in [-0.2, -0.15) is 0 Å². The second-order valence-corrected chi connectivity index (χ2v) is 7.27. The highest BCUT2D eigenvalue weighted by Crippen LogP contribution is 2.28. The van der Waals surface area contributed by atoms with Crippen molar-refractivity contribution in [1.82, 2.24) is 14.5 Å². The lowest BCUT2D eigenvalue weighted by Gasteiger charge is -2.35. The quantitative estimate of drug-likeness (QED) is 0.918. The Morgan fingerprint density at radius 3 is 2.83 bits per heavy atom. The largest absolute Gasteiger partial charge is 0.444 e. The van der Waals surface area contributed by atoms with Crippen LogP contribution in [-0.2, 0) is 11.3 Å². The number of nitrogens with zero attached hydrogens (tertiary/aromatic N) is 3. The van der Waals surface area contributed by atoms with Crippen LogP contribution in [0.2, 0.25) is 0 Å². The lowest BCUT2D eigenvalue weighted by atomic mass is 10.1. The number of aliphatic hydroxyl groups is 1. The molecule has 1 aromatic heterocycles. The zero-order valence-electron chi connectivity index (χ0n) is 14.5. The first-order chi connectivity index (χ1) is 11.4. The average Bonchev–Trinajstić information content (AvgIpc) is 2.92. The van der Waals surface area contributed by atoms with Gasteiger partial charge in [-0.25, -0.2) is 9.78 Å². The van der Waals surface area contributed by atoms with E-state index < -0.39 is 5.60 Å². The van der Waals surface area contributed by atoms with Crippen LogP contribution in [-0.4, -0.2) is 44.3 Å². The van der Waals surface area contributed by atoms with Crippen LogP contribution < -0.4 is 0 Å². The molecule has 3 rings (SSSR count). The number of amides is 1. The van der Waals surface area contributed by atoms with Crippen LogP contribution in [0.1, 0.15) is 45.5 Å². The van der Waals surface area contributed by atoms with Crippen molar-refractivity contribution in [2.75, 3.05) is 13.1 Å². The third-order valence-electron chi connectivity index (χ3n) is 4.22. The number of aliphatic hydroxyl groups excluding tert-OH is 1. The molecule has 1 N–H and O–H groups in total. The van der Waals surface area contributed by atoms with Crippen molar-refractivity contribution in [3.63, 3.8) is 0 Å². The summed E-state index contributed by atoms with van der Waals surface area (Å²) in [6.45, 7) is 6.78. The number of hydrogen-bond acceptors (Lipinski definition) is 4. The highest BCUT2D eigenvalue weighted by molar-refractivity contribution is 5.76. The van der Waals surface area contributed by atoms with Crippen molar-refractivity contribution >= 4 is 17.1 Å². The van der Waals surface area contributed by atoms with E-state index in [2.05, 4.69) is 9.55 Å². The van der Waals surface area contributed by atoms with Gasteiger partial charge in [0.1, 0.15) is 18.0 Å². The molecule has 0 bridgehead atoms. The number of piperidine rings is 1. The second-order valence-electron chi connectivity index (χ2n) is 7.27. The van der Waals surface area contributed by atoms with Crippen LogP contribution in [0.4, 0.5) is 4.79 Å². The van der Waals surface area contributed by atoms with Gasteiger partial charge in [0, 0.05) is 13.1 Å². The standard InChI is InChI=1S/C18H25N3O3/c1-18(2,3)24-17(23)20-10-6-7-13(11-20)21-15-9-5-4-8-14(15)19-16(21)12-22/h4-5,8-9,13,22H,6-7,10-12H2,1-3H3/t13-/m1/s1. The Bertz CT molecular complexity index is 733. The molecule has 1 fully saturated rings. The Balaban J connectivity index is 1.86. The van der Waals surface area contributed by atoms with Gasteiger partial charge in [-0.1, -0.05) is 12.1 Å². The SMILES string of the molecule is CC(C)(C)OC(=O)N1CCC[C@@H](n2c(CO)nc3ccccc32)C1. The van der Waals surface area contributed by atoms with Gasteiger partial charge in [-0.15, -0.1) is 0 Å². The molecule has 1 amide bonds. The molecule has 0 aliphatic carbocycles. The topological polar surface area (TPSA) is 67.6 Å². The second kappa shape index (κ2) is 6.43. The van der Waals surface area contributed by atoms with Crippen LogP contribution in [0.3, 0.4) is 0 Å². The minimum atomic E-state index is -0.498. The zero-order chi connectivity index (χ0) is 17.3. The van der Waals surface area contributed by atoms with Crippen LogP contribution in [0.15, 0.2) is 24.3 Å². The summed E-state index contributed by atoms with van der Waals surface area (Å²) in [4.78, 5) is 18.6. The monoisotopic (exact) mass is 331 g/mol. The summed E-state index contributed by atoms with van der Waals surface area (Å²) in [5.41, 5.74) is 1.37. The van der Waals surface area contributed by atoms with E-state index in [9.17, 15) is 9.90 Å². The van der Waals surface area contributed by atoms with E-state index in [0.717, 1.165) is 23.9 Å². The van der Waals surface area contributed by atoms with E-state index >= 15 is 0 Å². The van der Waals surface area contributed by atoms with Gasteiger partial charge in [-0.3, -0.25) is 0 Å². The molecule has 1 aliphatic heterocycles. The minimum absolute atomic E-state index is 0.0980. The minimum Gasteiger partial charge on any atom is -0.444 e. The van der Waals surface area contributed by atoms with Crippen molar-refractivity contribution in [2.24, 2.45) is 0 Å². The highest BCUT2D eigenvalue weighted by Gasteiger charge is 2.30. The predicted molar refractivity (Wildman–Crippen MR) is 91.7 cm³/mol. The number of carbonyl (C=O) groups is 1. The Kier molecular flexibility index (Phi) is 4.49. The lowest BCUT2D eigenvalue weighted by molar-refractivity contribution is 0.0172. The third-order valence-corrected chi connectivity index (χ3v) is 4.22. The first-order valence-corrected chi connectivity index (χ1v) is 8.43. The summed E-state index contributed by atoms with van der Waals surface area (Å²) < 4.78 is 7.57. The van der Waals surface area contributed by atoms with Crippen LogP contribution in [0, 0.1) is 0 Å². The fraction of sp³-hybridized carbons (Fsp3) is 0.556. The fourth-order valence-electron chi connectivity index (χ4n) is 3.27. The molecular weight excluding hydrogens is 306 g/mol. The number of para-hydroxylation sites is 2. The molecule has 6 nitrogen and oxygen atoms in total. The highest BCUT2D eigenvalue weighted by atomic mass is 16.6. The van der Waals surface area contributed by atoms with E-state index in [1.54, 1.807) is 4.90 Å². The molecule has 1 aromatic carbocycles. The van der Waals surface area contributed by atoms with Crippen molar-refractivity contribution in [1.29, 1.82) is 0 Å². The fourth-order valence-corrected chi connectivity index (χ4v) is 3.27. The van der Waals surface area contributed by atoms with Gasteiger partial charge < -0.3 is 19.3 Å². The Morgan fingerprint density at radius 1 is 1.38 bits per heavy atom. The predicted octanol–water partition coefficient (Wildman–Crippen LogP) is 3.10. The summed E-state index contributed by atoms with van der Waals surface area (Å²) in [5.74, 6) is 0.646. The number of ether oxygens (including phenoxy) is 1. The van der Waals surface area contributed by atoms with E-state index in [4.69, 9.17) is 4.74 Å². The van der Waals surface area contributed by atoms with Gasteiger partial charge in [0.15, 0.2) is 0 Å². The number of rotatable bonds is 2. The number of aromatic nitrogens is 2. The zero-order valence-corrected chi connectivity index (χ0v) is 14.5. The van der Waals surface area contributed by atoms with Crippen molar-refractivity contribution < 1.29 is 14.6 Å². The molecule has 2 aromatic rings. The molecule has 0 spiro atoms. The maximum Gasteiger partial charge on any atom is 0.410 e. The lowest BCUT2D eigenvalue weighted by Crippen LogP contribution is -2.43. The molecular formula is C18H25N3O3. The summed E-state index contributed by atoms with van der Waals surface area (Å²) in [5, 5.41) is 9.69. The number of carbonyl (C=O) groups excluding carboxylic acids is 1. The average molecular weight is 331 g/mol. The van der Waals surface area contributed by atoms with Crippen molar-refractivity contribution in [3.8, 4) is 0 Å². The molecule has 130 valence electrons. The van der Waals surface area contributed by atoms with Crippen molar-refractivity contribution in [3.05, 3.63) is 30.1 Å². The summed E-state index contributed by atoms with van der Waals surface area (Å²) in [6, 6.07) is 7.96. The number of hydrogen-bond donors (Lipinski definition) is 1. The first kappa shape index (κ1) is 16.8. The summed E-state index contributed by atoms with van der Waals surface area (Å²) in [7, 11) is 0. The van der Waals surface area contributed by atoms with Crippen LogP contribution in [0.5, 0.6) is 0 Å². The van der Waals surface area contributed by atoms with E-state index in [1.165, 1.54) is 0 Å². The molecule has 0 unspecified atom stereocenters. The molecule has 1 saturated heterocycles. The van der Waals surface area contributed by atoms with Gasteiger partial charge in [-0.05, 0) is 45.7 Å². The van der Waals surface area contributed by atoms with Crippen LogP contribution in [0.25, 0.3) is 11.0 Å². The Hall–Kier alpha value is -2.08. The smallest absolute Gasteiger partial charge is 0.410 e.